The number of nitrogens with one attached hydrogen (secondary N) is 3. The number of carbonyl (C=O) groups excluding carboxylic acids is 1. The van der Waals surface area contributed by atoms with Gasteiger partial charge in [-0.2, -0.15) is 0 Å². The second-order valence-electron chi connectivity index (χ2n) is 10.2. The van der Waals surface area contributed by atoms with Gasteiger partial charge in [0.05, 0.1) is 35.1 Å². The van der Waals surface area contributed by atoms with E-state index in [0.29, 0.717) is 11.3 Å². The molecule has 0 aliphatic carbocycles. The van der Waals surface area contributed by atoms with Crippen molar-refractivity contribution in [1.82, 2.24) is 5.32 Å². The first kappa shape index (κ1) is 32.1. The summed E-state index contributed by atoms with van der Waals surface area (Å²) in [7, 11) is -7.43. The van der Waals surface area contributed by atoms with Crippen molar-refractivity contribution in [2.75, 3.05) is 46.8 Å². The molecule has 1 fully saturated rings. The number of piperidine rings is 1. The van der Waals surface area contributed by atoms with Crippen LogP contribution >= 0.6 is 0 Å². The van der Waals surface area contributed by atoms with Crippen molar-refractivity contribution < 1.29 is 36.6 Å². The minimum atomic E-state index is -3.85. The minimum absolute atomic E-state index is 0.0101. The number of aromatic hydroxyl groups is 1. The number of rotatable bonds is 12. The Balaban J connectivity index is 1.27. The highest BCUT2D eigenvalue weighted by molar-refractivity contribution is 7.92. The fourth-order valence-electron chi connectivity index (χ4n) is 4.72. The maximum Gasteiger partial charge on any atom is 0.338 e. The van der Waals surface area contributed by atoms with Crippen molar-refractivity contribution in [1.29, 1.82) is 0 Å². The fourth-order valence-corrected chi connectivity index (χ4v) is 6.34. The number of benzene rings is 3. The monoisotopic (exact) mass is 632 g/mol. The molecule has 0 radical (unpaired) electrons. The highest BCUT2D eigenvalue weighted by Gasteiger charge is 2.22. The number of ether oxygens (including phenoxy) is 1. The van der Waals surface area contributed by atoms with Gasteiger partial charge in [-0.3, -0.25) is 9.44 Å². The smallest absolute Gasteiger partial charge is 0.338 e. The van der Waals surface area contributed by atoms with Crippen molar-refractivity contribution in [2.45, 2.75) is 36.8 Å². The Morgan fingerprint density at radius 1 is 0.977 bits per heavy atom. The molecule has 0 spiro atoms. The Bertz CT molecular complexity index is 1620. The van der Waals surface area contributed by atoms with Crippen LogP contribution in [0.2, 0.25) is 0 Å². The summed E-state index contributed by atoms with van der Waals surface area (Å²) in [5, 5.41) is 23.9. The van der Waals surface area contributed by atoms with Gasteiger partial charge in [0.15, 0.2) is 0 Å². The predicted molar refractivity (Wildman–Crippen MR) is 164 cm³/mol. The number of nitrogens with zero attached hydrogens (tertiary/aromatic N) is 1. The van der Waals surface area contributed by atoms with Gasteiger partial charge in [-0.1, -0.05) is 6.07 Å². The number of hydrogen-bond donors (Lipinski definition) is 5. The van der Waals surface area contributed by atoms with Crippen molar-refractivity contribution >= 4 is 43.1 Å². The van der Waals surface area contributed by atoms with Gasteiger partial charge in [-0.05, 0) is 86.0 Å². The molecule has 3 aromatic carbocycles. The summed E-state index contributed by atoms with van der Waals surface area (Å²) in [6.45, 7) is 3.70. The molecule has 3 aromatic rings. The standard InChI is InChI=1S/C29H36N4O8S2/c1-3-41-29(36)20-4-11-25(12-5-20)43(39,40)31-23-7-9-24(10-8-23)33-16-14-22(15-17-33)30-19-28(35)21-6-13-27(34)26(18-21)32-42(2,37)38/h4-13,18,22,28,30-32,34-35H,3,14-17,19H2,1-2H3/t28-/m0/s1. The van der Waals surface area contributed by atoms with E-state index in [9.17, 15) is 31.8 Å². The molecule has 1 atom stereocenters. The summed E-state index contributed by atoms with van der Waals surface area (Å²) in [5.41, 5.74) is 2.12. The molecule has 4 rings (SSSR count). The van der Waals surface area contributed by atoms with Crippen LogP contribution in [-0.4, -0.2) is 71.6 Å². The number of phenols is 1. The predicted octanol–water partition coefficient (Wildman–Crippen LogP) is 3.03. The van der Waals surface area contributed by atoms with E-state index >= 15 is 0 Å². The lowest BCUT2D eigenvalue weighted by Crippen LogP contribution is -2.43. The third-order valence-corrected chi connectivity index (χ3v) is 8.94. The molecule has 5 N–H and O–H groups in total. The Morgan fingerprint density at radius 2 is 1.63 bits per heavy atom. The first-order valence-corrected chi connectivity index (χ1v) is 17.1. The van der Waals surface area contributed by atoms with Crippen LogP contribution in [0.1, 0.15) is 41.8 Å². The summed E-state index contributed by atoms with van der Waals surface area (Å²) >= 11 is 0. The first-order chi connectivity index (χ1) is 20.3. The van der Waals surface area contributed by atoms with Crippen molar-refractivity contribution in [3.63, 3.8) is 0 Å². The van der Waals surface area contributed by atoms with E-state index in [1.165, 1.54) is 36.4 Å². The van der Waals surface area contributed by atoms with Crippen LogP contribution in [0.3, 0.4) is 0 Å². The van der Waals surface area contributed by atoms with Crippen LogP contribution in [0.15, 0.2) is 71.6 Å². The molecule has 1 heterocycles. The lowest BCUT2D eigenvalue weighted by molar-refractivity contribution is 0.0526. The molecule has 0 bridgehead atoms. The van der Waals surface area contributed by atoms with Gasteiger partial charge in [0.2, 0.25) is 10.0 Å². The van der Waals surface area contributed by atoms with Crippen LogP contribution < -0.4 is 19.7 Å². The van der Waals surface area contributed by atoms with Gasteiger partial charge in [0.1, 0.15) is 5.75 Å². The summed E-state index contributed by atoms with van der Waals surface area (Å²) in [5.74, 6) is -0.740. The topological polar surface area (TPSA) is 174 Å². The second-order valence-corrected chi connectivity index (χ2v) is 13.7. The van der Waals surface area contributed by atoms with Crippen LogP contribution in [0, 0.1) is 0 Å². The zero-order chi connectivity index (χ0) is 31.2. The quantitative estimate of drug-likeness (QED) is 0.147. The average molecular weight is 633 g/mol. The summed E-state index contributed by atoms with van der Waals surface area (Å²) < 4.78 is 58.4. The molecular weight excluding hydrogens is 596 g/mol. The largest absolute Gasteiger partial charge is 0.506 e. The number of esters is 1. The molecule has 0 amide bonds. The summed E-state index contributed by atoms with van der Waals surface area (Å²) in [6, 6.07) is 17.1. The van der Waals surface area contributed by atoms with Gasteiger partial charge in [-0.15, -0.1) is 0 Å². The maximum absolute atomic E-state index is 12.8. The zero-order valence-electron chi connectivity index (χ0n) is 23.9. The van der Waals surface area contributed by atoms with Crippen LogP contribution in [-0.2, 0) is 24.8 Å². The van der Waals surface area contributed by atoms with Crippen LogP contribution in [0.25, 0.3) is 0 Å². The molecule has 0 unspecified atom stereocenters. The number of carbonyl (C=O) groups is 1. The number of phenolic OH excluding ortho intramolecular Hbond substituents is 1. The molecule has 14 heteroatoms. The number of aliphatic hydroxyl groups is 1. The third kappa shape index (κ3) is 8.83. The first-order valence-electron chi connectivity index (χ1n) is 13.7. The van der Waals surface area contributed by atoms with E-state index in [1.807, 2.05) is 12.1 Å². The Kier molecular flexibility index (Phi) is 10.2. The van der Waals surface area contributed by atoms with Crippen molar-refractivity contribution in [3.8, 4) is 5.75 Å². The van der Waals surface area contributed by atoms with Gasteiger partial charge < -0.3 is 25.2 Å². The molecule has 0 aromatic heterocycles. The minimum Gasteiger partial charge on any atom is -0.506 e. The number of aliphatic hydroxyl groups excluding tert-OH is 1. The van der Waals surface area contributed by atoms with Gasteiger partial charge in [-0.25, -0.2) is 21.6 Å². The molecular formula is C29H36N4O8S2. The van der Waals surface area contributed by atoms with E-state index in [0.717, 1.165) is 37.9 Å². The lowest BCUT2D eigenvalue weighted by atomic mass is 10.0. The maximum atomic E-state index is 12.8. The van der Waals surface area contributed by atoms with E-state index in [4.69, 9.17) is 4.74 Å². The van der Waals surface area contributed by atoms with Crippen LogP contribution in [0.4, 0.5) is 17.1 Å². The highest BCUT2D eigenvalue weighted by atomic mass is 32.2. The van der Waals surface area contributed by atoms with Gasteiger partial charge in [0.25, 0.3) is 10.0 Å². The molecule has 1 aliphatic heterocycles. The van der Waals surface area contributed by atoms with E-state index in [2.05, 4.69) is 19.7 Å². The molecule has 0 saturated carbocycles. The van der Waals surface area contributed by atoms with Crippen molar-refractivity contribution in [2.24, 2.45) is 0 Å². The Hall–Kier alpha value is -3.85. The summed E-state index contributed by atoms with van der Waals surface area (Å²) in [6.07, 6.45) is 1.72. The average Bonchev–Trinajstić information content (AvgIpc) is 2.97. The second kappa shape index (κ2) is 13.6. The summed E-state index contributed by atoms with van der Waals surface area (Å²) in [4.78, 5) is 14.0. The van der Waals surface area contributed by atoms with Gasteiger partial charge in [0, 0.05) is 37.1 Å². The zero-order valence-corrected chi connectivity index (χ0v) is 25.5. The number of anilines is 3. The van der Waals surface area contributed by atoms with E-state index in [1.54, 1.807) is 25.1 Å². The molecule has 1 aliphatic rings. The molecule has 12 nitrogen and oxygen atoms in total. The van der Waals surface area contributed by atoms with Gasteiger partial charge >= 0.3 is 5.97 Å². The number of hydrogen-bond acceptors (Lipinski definition) is 10. The van der Waals surface area contributed by atoms with Crippen LogP contribution in [0.5, 0.6) is 5.75 Å². The molecule has 1 saturated heterocycles. The Labute approximate surface area is 251 Å². The lowest BCUT2D eigenvalue weighted by Gasteiger charge is -2.34. The number of sulfonamides is 2. The van der Waals surface area contributed by atoms with Crippen molar-refractivity contribution in [3.05, 3.63) is 77.9 Å². The normalized spacial score (nSPS) is 15.1. The Morgan fingerprint density at radius 3 is 2.23 bits per heavy atom. The molecule has 43 heavy (non-hydrogen) atoms. The SMILES string of the molecule is CCOC(=O)c1ccc(S(=O)(=O)Nc2ccc(N3CCC(NC[C@H](O)c4ccc(O)c(NS(C)(=O)=O)c4)CC3)cc2)cc1. The fraction of sp³-hybridized carbons (Fsp3) is 0.345. The van der Waals surface area contributed by atoms with E-state index < -0.39 is 32.1 Å². The van der Waals surface area contributed by atoms with E-state index in [-0.39, 0.29) is 41.1 Å². The molecule has 232 valence electrons. The highest BCUT2D eigenvalue weighted by Crippen LogP contribution is 2.28. The third-order valence-electron chi connectivity index (χ3n) is 6.96.